The lowest BCUT2D eigenvalue weighted by Crippen LogP contribution is -2.40. The number of rotatable bonds is 6. The maximum Gasteiger partial charge on any atom is 0.212 e. The van der Waals surface area contributed by atoms with Gasteiger partial charge in [-0.05, 0) is 31.4 Å². The van der Waals surface area contributed by atoms with Crippen molar-refractivity contribution < 1.29 is 8.42 Å². The second-order valence-electron chi connectivity index (χ2n) is 5.39. The van der Waals surface area contributed by atoms with E-state index in [0.717, 1.165) is 6.42 Å². The van der Waals surface area contributed by atoms with Gasteiger partial charge in [-0.2, -0.15) is 0 Å². The Hall–Kier alpha value is -0.910. The standard InChI is InChI=1S/C15H24N2O2S/c1-16-20(18,19)12-11-17-15-10-6-5-9-14(15)13-7-3-2-4-8-13/h2-4,7-8,14-17H,5-6,9-12H2,1H3. The zero-order valence-corrected chi connectivity index (χ0v) is 12.8. The first-order valence-electron chi connectivity index (χ1n) is 7.32. The predicted molar refractivity (Wildman–Crippen MR) is 82.3 cm³/mol. The molecule has 1 aliphatic rings. The van der Waals surface area contributed by atoms with Gasteiger partial charge in [-0.3, -0.25) is 0 Å². The van der Waals surface area contributed by atoms with Crippen LogP contribution >= 0.6 is 0 Å². The molecular formula is C15H24N2O2S. The molecule has 2 unspecified atom stereocenters. The van der Waals surface area contributed by atoms with Crippen molar-refractivity contribution in [2.45, 2.75) is 37.6 Å². The zero-order valence-electron chi connectivity index (χ0n) is 12.0. The summed E-state index contributed by atoms with van der Waals surface area (Å²) in [6, 6.07) is 10.9. The Bertz CT molecular complexity index is 502. The maximum absolute atomic E-state index is 11.4. The van der Waals surface area contributed by atoms with E-state index in [0.29, 0.717) is 18.5 Å². The molecule has 1 aromatic rings. The van der Waals surface area contributed by atoms with E-state index in [4.69, 9.17) is 0 Å². The normalized spacial score (nSPS) is 23.6. The molecule has 1 aliphatic carbocycles. The van der Waals surface area contributed by atoms with Gasteiger partial charge in [0, 0.05) is 12.6 Å². The first-order chi connectivity index (χ1) is 9.62. The SMILES string of the molecule is CNS(=O)(=O)CCNC1CCCCC1c1ccccc1. The molecule has 4 nitrogen and oxygen atoms in total. The van der Waals surface area contributed by atoms with Gasteiger partial charge in [0.2, 0.25) is 10.0 Å². The highest BCUT2D eigenvalue weighted by atomic mass is 32.2. The van der Waals surface area contributed by atoms with Crippen molar-refractivity contribution in [1.29, 1.82) is 0 Å². The molecule has 0 saturated heterocycles. The van der Waals surface area contributed by atoms with Gasteiger partial charge in [0.1, 0.15) is 0 Å². The molecule has 0 amide bonds. The largest absolute Gasteiger partial charge is 0.312 e. The molecule has 2 N–H and O–H groups in total. The quantitative estimate of drug-likeness (QED) is 0.842. The molecule has 1 saturated carbocycles. The van der Waals surface area contributed by atoms with Crippen LogP contribution in [0.25, 0.3) is 0 Å². The molecule has 112 valence electrons. The number of nitrogens with one attached hydrogen (secondary N) is 2. The van der Waals surface area contributed by atoms with Gasteiger partial charge >= 0.3 is 0 Å². The van der Waals surface area contributed by atoms with Crippen molar-refractivity contribution >= 4 is 10.0 Å². The third-order valence-corrected chi connectivity index (χ3v) is 5.45. The molecule has 0 bridgehead atoms. The average Bonchev–Trinajstić information content (AvgIpc) is 2.48. The van der Waals surface area contributed by atoms with E-state index < -0.39 is 10.0 Å². The Balaban J connectivity index is 1.94. The lowest BCUT2D eigenvalue weighted by atomic mass is 9.80. The smallest absolute Gasteiger partial charge is 0.212 e. The van der Waals surface area contributed by atoms with Crippen LogP contribution in [0.1, 0.15) is 37.2 Å². The van der Waals surface area contributed by atoms with Gasteiger partial charge in [0.15, 0.2) is 0 Å². The minimum absolute atomic E-state index is 0.140. The van der Waals surface area contributed by atoms with Crippen molar-refractivity contribution in [2.75, 3.05) is 19.3 Å². The molecule has 1 fully saturated rings. The summed E-state index contributed by atoms with van der Waals surface area (Å²) < 4.78 is 25.2. The minimum Gasteiger partial charge on any atom is -0.312 e. The molecular weight excluding hydrogens is 272 g/mol. The Kier molecular flexibility index (Phi) is 5.57. The van der Waals surface area contributed by atoms with Gasteiger partial charge < -0.3 is 5.32 Å². The molecule has 0 aliphatic heterocycles. The van der Waals surface area contributed by atoms with E-state index in [9.17, 15) is 8.42 Å². The van der Waals surface area contributed by atoms with Gasteiger partial charge in [0.25, 0.3) is 0 Å². The fourth-order valence-corrected chi connectivity index (χ4v) is 3.55. The topological polar surface area (TPSA) is 58.2 Å². The van der Waals surface area contributed by atoms with Crippen molar-refractivity contribution in [3.05, 3.63) is 35.9 Å². The summed E-state index contributed by atoms with van der Waals surface area (Å²) in [7, 11) is -1.65. The average molecular weight is 296 g/mol. The van der Waals surface area contributed by atoms with Gasteiger partial charge in [-0.15, -0.1) is 0 Å². The van der Waals surface area contributed by atoms with E-state index in [1.165, 1.54) is 31.9 Å². The van der Waals surface area contributed by atoms with E-state index in [-0.39, 0.29) is 5.75 Å². The molecule has 0 radical (unpaired) electrons. The minimum atomic E-state index is -3.11. The van der Waals surface area contributed by atoms with Crippen LogP contribution < -0.4 is 10.0 Å². The van der Waals surface area contributed by atoms with Crippen LogP contribution in [0.5, 0.6) is 0 Å². The third kappa shape index (κ3) is 4.30. The van der Waals surface area contributed by atoms with Crippen molar-refractivity contribution in [2.24, 2.45) is 0 Å². The summed E-state index contributed by atoms with van der Waals surface area (Å²) in [4.78, 5) is 0. The summed E-state index contributed by atoms with van der Waals surface area (Å²) >= 11 is 0. The number of benzene rings is 1. The lowest BCUT2D eigenvalue weighted by Gasteiger charge is -2.32. The first-order valence-corrected chi connectivity index (χ1v) is 8.97. The van der Waals surface area contributed by atoms with Crippen molar-refractivity contribution in [1.82, 2.24) is 10.0 Å². The molecule has 0 heterocycles. The van der Waals surface area contributed by atoms with E-state index in [2.05, 4.69) is 34.3 Å². The second kappa shape index (κ2) is 7.20. The van der Waals surface area contributed by atoms with Crippen LogP contribution in [0.15, 0.2) is 30.3 Å². The summed E-state index contributed by atoms with van der Waals surface area (Å²) in [5.74, 6) is 0.642. The van der Waals surface area contributed by atoms with Gasteiger partial charge in [-0.25, -0.2) is 13.1 Å². The predicted octanol–water partition coefficient (Wildman–Crippen LogP) is 1.85. The van der Waals surface area contributed by atoms with Gasteiger partial charge in [-0.1, -0.05) is 43.2 Å². The number of hydrogen-bond donors (Lipinski definition) is 2. The Morgan fingerprint density at radius 1 is 1.15 bits per heavy atom. The molecule has 5 heteroatoms. The van der Waals surface area contributed by atoms with E-state index >= 15 is 0 Å². The second-order valence-corrected chi connectivity index (χ2v) is 7.43. The summed E-state index contributed by atoms with van der Waals surface area (Å²) in [6.07, 6.45) is 4.78. The summed E-state index contributed by atoms with van der Waals surface area (Å²) in [5.41, 5.74) is 1.36. The fraction of sp³-hybridized carbons (Fsp3) is 0.600. The first kappa shape index (κ1) is 15.5. The maximum atomic E-state index is 11.4. The van der Waals surface area contributed by atoms with Crippen molar-refractivity contribution in [3.8, 4) is 0 Å². The summed E-state index contributed by atoms with van der Waals surface area (Å²) in [5, 5.41) is 3.44. The van der Waals surface area contributed by atoms with Crippen LogP contribution in [0.2, 0.25) is 0 Å². The molecule has 0 aromatic heterocycles. The van der Waals surface area contributed by atoms with Gasteiger partial charge in [0.05, 0.1) is 5.75 Å². The molecule has 1 aromatic carbocycles. The molecule has 20 heavy (non-hydrogen) atoms. The lowest BCUT2D eigenvalue weighted by molar-refractivity contribution is 0.332. The van der Waals surface area contributed by atoms with Crippen LogP contribution in [0, 0.1) is 0 Å². The van der Waals surface area contributed by atoms with E-state index in [1.807, 2.05) is 6.07 Å². The number of hydrogen-bond acceptors (Lipinski definition) is 3. The molecule has 2 atom stereocenters. The third-order valence-electron chi connectivity index (χ3n) is 4.08. The van der Waals surface area contributed by atoms with E-state index in [1.54, 1.807) is 0 Å². The monoisotopic (exact) mass is 296 g/mol. The Labute approximate surface area is 122 Å². The highest BCUT2D eigenvalue weighted by Gasteiger charge is 2.26. The van der Waals surface area contributed by atoms with Crippen LogP contribution in [0.3, 0.4) is 0 Å². The fourth-order valence-electron chi connectivity index (χ4n) is 2.96. The molecule has 2 rings (SSSR count). The van der Waals surface area contributed by atoms with Crippen LogP contribution in [-0.4, -0.2) is 33.8 Å². The number of sulfonamides is 1. The summed E-state index contributed by atoms with van der Waals surface area (Å²) in [6.45, 7) is 0.511. The molecule has 0 spiro atoms. The zero-order chi connectivity index (χ0) is 14.4. The van der Waals surface area contributed by atoms with Crippen LogP contribution in [-0.2, 0) is 10.0 Å². The highest BCUT2D eigenvalue weighted by Crippen LogP contribution is 2.32. The Morgan fingerprint density at radius 3 is 2.55 bits per heavy atom. The van der Waals surface area contributed by atoms with Crippen LogP contribution in [0.4, 0.5) is 0 Å². The highest BCUT2D eigenvalue weighted by molar-refractivity contribution is 7.89. The Morgan fingerprint density at radius 2 is 1.85 bits per heavy atom. The van der Waals surface area contributed by atoms with Crippen molar-refractivity contribution in [3.63, 3.8) is 0 Å².